The number of carbonyl (C=O) groups excluding carboxylic acids is 1. The Labute approximate surface area is 90.0 Å². The van der Waals surface area contributed by atoms with Crippen LogP contribution in [0.4, 0.5) is 0 Å². The Morgan fingerprint density at radius 2 is 2.00 bits per heavy atom. The molecule has 11 heavy (non-hydrogen) atoms. The van der Waals surface area contributed by atoms with Crippen LogP contribution in [0.3, 0.4) is 0 Å². The maximum absolute atomic E-state index is 10.3. The Morgan fingerprint density at radius 3 is 2.27 bits per heavy atom. The van der Waals surface area contributed by atoms with E-state index in [0.29, 0.717) is 12.0 Å². The van der Waals surface area contributed by atoms with Crippen LogP contribution in [-0.2, 0) is 4.79 Å². The number of rotatable bonds is 4. The zero-order valence-electron chi connectivity index (χ0n) is 7.52. The number of aliphatic carboxylic acids is 1. The van der Waals surface area contributed by atoms with Gasteiger partial charge in [-0.3, -0.25) is 0 Å². The van der Waals surface area contributed by atoms with Crippen LogP contribution in [0.2, 0.25) is 0 Å². The first-order valence-electron chi connectivity index (χ1n) is 3.62. The standard InChI is InChI=1S/C8H14O2.Na/c1-3-5-7(6-4-2)8(9)10;/h5H,3-4,6H2,1-2H3,(H,9,10);/q;+1/p-1/b7-5+;. The molecule has 58 valence electrons. The fourth-order valence-electron chi connectivity index (χ4n) is 0.803. The summed E-state index contributed by atoms with van der Waals surface area (Å²) >= 11 is 0. The molecule has 0 aliphatic carbocycles. The van der Waals surface area contributed by atoms with Gasteiger partial charge in [0.15, 0.2) is 0 Å². The Balaban J connectivity index is 0. The molecule has 0 saturated heterocycles. The van der Waals surface area contributed by atoms with Gasteiger partial charge in [0.25, 0.3) is 0 Å². The van der Waals surface area contributed by atoms with Crippen LogP contribution < -0.4 is 34.7 Å². The van der Waals surface area contributed by atoms with E-state index in [4.69, 9.17) is 0 Å². The average molecular weight is 164 g/mol. The van der Waals surface area contributed by atoms with Gasteiger partial charge in [-0.2, -0.15) is 0 Å². The molecule has 0 rings (SSSR count). The van der Waals surface area contributed by atoms with E-state index in [0.717, 1.165) is 12.8 Å². The predicted molar refractivity (Wildman–Crippen MR) is 38.3 cm³/mol. The smallest absolute Gasteiger partial charge is 0.545 e. The monoisotopic (exact) mass is 164 g/mol. The second-order valence-corrected chi connectivity index (χ2v) is 2.18. The second kappa shape index (κ2) is 8.31. The Bertz CT molecular complexity index is 141. The van der Waals surface area contributed by atoms with Crippen molar-refractivity contribution in [3.63, 3.8) is 0 Å². The van der Waals surface area contributed by atoms with Crippen LogP contribution in [0.5, 0.6) is 0 Å². The van der Waals surface area contributed by atoms with Crippen molar-refractivity contribution in [2.75, 3.05) is 0 Å². The summed E-state index contributed by atoms with van der Waals surface area (Å²) in [5.74, 6) is -1.02. The van der Waals surface area contributed by atoms with Crippen molar-refractivity contribution in [3.05, 3.63) is 11.6 Å². The van der Waals surface area contributed by atoms with Crippen LogP contribution in [0.15, 0.2) is 11.6 Å². The van der Waals surface area contributed by atoms with Crippen molar-refractivity contribution in [1.29, 1.82) is 0 Å². The minimum atomic E-state index is -1.02. The van der Waals surface area contributed by atoms with E-state index >= 15 is 0 Å². The molecule has 0 aromatic heterocycles. The van der Waals surface area contributed by atoms with E-state index in [1.54, 1.807) is 6.08 Å². The maximum Gasteiger partial charge on any atom is 1.00 e. The number of allylic oxidation sites excluding steroid dienone is 1. The molecule has 0 spiro atoms. The molecule has 0 fully saturated rings. The summed E-state index contributed by atoms with van der Waals surface area (Å²) in [6.45, 7) is 3.87. The second-order valence-electron chi connectivity index (χ2n) is 2.18. The number of hydrogen-bond donors (Lipinski definition) is 0. The minimum absolute atomic E-state index is 0. The van der Waals surface area contributed by atoms with Crippen molar-refractivity contribution in [1.82, 2.24) is 0 Å². The van der Waals surface area contributed by atoms with Gasteiger partial charge < -0.3 is 9.90 Å². The molecular formula is C8H13NaO2. The van der Waals surface area contributed by atoms with E-state index in [-0.39, 0.29) is 29.6 Å². The van der Waals surface area contributed by atoms with Crippen molar-refractivity contribution in [2.45, 2.75) is 33.1 Å². The van der Waals surface area contributed by atoms with E-state index < -0.39 is 5.97 Å². The summed E-state index contributed by atoms with van der Waals surface area (Å²) in [6, 6.07) is 0. The summed E-state index contributed by atoms with van der Waals surface area (Å²) in [7, 11) is 0. The first kappa shape index (κ1) is 13.8. The molecule has 0 bridgehead atoms. The normalized spacial score (nSPS) is 10.5. The van der Waals surface area contributed by atoms with Crippen LogP contribution in [0, 0.1) is 0 Å². The first-order chi connectivity index (χ1) is 4.72. The van der Waals surface area contributed by atoms with E-state index in [9.17, 15) is 9.90 Å². The largest absolute Gasteiger partial charge is 1.00 e. The summed E-state index contributed by atoms with van der Waals surface area (Å²) in [5, 5.41) is 10.3. The van der Waals surface area contributed by atoms with Gasteiger partial charge in [-0.05, 0) is 18.4 Å². The molecule has 0 aromatic carbocycles. The summed E-state index contributed by atoms with van der Waals surface area (Å²) in [4.78, 5) is 10.3. The summed E-state index contributed by atoms with van der Waals surface area (Å²) in [6.07, 6.45) is 3.96. The Morgan fingerprint density at radius 1 is 1.45 bits per heavy atom. The molecule has 0 aliphatic heterocycles. The third-order valence-corrected chi connectivity index (χ3v) is 1.23. The van der Waals surface area contributed by atoms with Crippen LogP contribution >= 0.6 is 0 Å². The fraction of sp³-hybridized carbons (Fsp3) is 0.625. The molecule has 0 heterocycles. The molecule has 2 nitrogen and oxygen atoms in total. The molecule has 3 heteroatoms. The third-order valence-electron chi connectivity index (χ3n) is 1.23. The van der Waals surface area contributed by atoms with Crippen LogP contribution in [-0.4, -0.2) is 5.97 Å². The quantitative estimate of drug-likeness (QED) is 0.352. The topological polar surface area (TPSA) is 40.1 Å². The zero-order chi connectivity index (χ0) is 7.98. The average Bonchev–Trinajstić information content (AvgIpc) is 1.87. The van der Waals surface area contributed by atoms with Gasteiger partial charge in [0.1, 0.15) is 0 Å². The zero-order valence-corrected chi connectivity index (χ0v) is 9.52. The summed E-state index contributed by atoms with van der Waals surface area (Å²) < 4.78 is 0. The summed E-state index contributed by atoms with van der Waals surface area (Å²) in [5.41, 5.74) is 0.435. The van der Waals surface area contributed by atoms with Crippen LogP contribution in [0.1, 0.15) is 33.1 Å². The molecule has 0 aromatic rings. The molecular weight excluding hydrogens is 151 g/mol. The van der Waals surface area contributed by atoms with Gasteiger partial charge in [-0.25, -0.2) is 0 Å². The number of carboxylic acids is 1. The molecule has 0 saturated carbocycles. The van der Waals surface area contributed by atoms with Gasteiger partial charge >= 0.3 is 29.6 Å². The van der Waals surface area contributed by atoms with E-state index in [1.165, 1.54) is 0 Å². The van der Waals surface area contributed by atoms with Gasteiger partial charge in [0.2, 0.25) is 0 Å². The molecule has 0 unspecified atom stereocenters. The van der Waals surface area contributed by atoms with Gasteiger partial charge in [-0.1, -0.05) is 26.3 Å². The van der Waals surface area contributed by atoms with E-state index in [1.807, 2.05) is 13.8 Å². The molecule has 0 radical (unpaired) electrons. The van der Waals surface area contributed by atoms with E-state index in [2.05, 4.69) is 0 Å². The van der Waals surface area contributed by atoms with Gasteiger partial charge in [0, 0.05) is 0 Å². The SMILES string of the molecule is CC/C=C(\CCC)C(=O)[O-].[Na+]. The number of hydrogen-bond acceptors (Lipinski definition) is 2. The van der Waals surface area contributed by atoms with Gasteiger partial charge in [-0.15, -0.1) is 0 Å². The van der Waals surface area contributed by atoms with Crippen molar-refractivity contribution >= 4 is 5.97 Å². The van der Waals surface area contributed by atoms with Gasteiger partial charge in [0.05, 0.1) is 5.97 Å². The molecule has 0 amide bonds. The van der Waals surface area contributed by atoms with Crippen molar-refractivity contribution in [2.24, 2.45) is 0 Å². The van der Waals surface area contributed by atoms with Crippen LogP contribution in [0.25, 0.3) is 0 Å². The Kier molecular flexibility index (Phi) is 10.4. The fourth-order valence-corrected chi connectivity index (χ4v) is 0.803. The number of carbonyl (C=O) groups is 1. The van der Waals surface area contributed by atoms with Crippen molar-refractivity contribution in [3.8, 4) is 0 Å². The molecule has 0 N–H and O–H groups in total. The third kappa shape index (κ3) is 6.60. The molecule has 0 aliphatic rings. The predicted octanol–water partition coefficient (Wildman–Crippen LogP) is -2.12. The van der Waals surface area contributed by atoms with Crippen molar-refractivity contribution < 1.29 is 39.5 Å². The minimum Gasteiger partial charge on any atom is -0.545 e. The first-order valence-corrected chi connectivity index (χ1v) is 3.62. The maximum atomic E-state index is 10.3. The number of carboxylic acid groups (broad SMARTS) is 1. The Hall–Kier alpha value is 0.210. The molecule has 0 atom stereocenters.